The van der Waals surface area contributed by atoms with Gasteiger partial charge in [-0.25, -0.2) is 9.97 Å². The molecule has 0 amide bonds. The van der Waals surface area contributed by atoms with Crippen LogP contribution in [-0.2, 0) is 0 Å². The van der Waals surface area contributed by atoms with Crippen molar-refractivity contribution in [3.8, 4) is 0 Å². The Morgan fingerprint density at radius 1 is 1.53 bits per heavy atom. The standard InChI is InChI=1S/C11H13FN4S/c1-6-4-7(5-6)10-15-11(17-12)8-9(13)14-2-3-16(8)10/h2-3,6-7H,4-5H2,1H3,(H2,13,14). The lowest BCUT2D eigenvalue weighted by Gasteiger charge is -2.31. The van der Waals surface area contributed by atoms with Crippen LogP contribution in [0, 0.1) is 5.92 Å². The lowest BCUT2D eigenvalue weighted by atomic mass is 9.76. The van der Waals surface area contributed by atoms with Crippen LogP contribution in [0.15, 0.2) is 17.4 Å². The molecular weight excluding hydrogens is 239 g/mol. The molecule has 17 heavy (non-hydrogen) atoms. The van der Waals surface area contributed by atoms with Crippen molar-refractivity contribution >= 4 is 23.5 Å². The van der Waals surface area contributed by atoms with Crippen LogP contribution in [0.4, 0.5) is 9.70 Å². The summed E-state index contributed by atoms with van der Waals surface area (Å²) in [5, 5.41) is 0.324. The summed E-state index contributed by atoms with van der Waals surface area (Å²) in [4.78, 5) is 8.34. The van der Waals surface area contributed by atoms with Crippen molar-refractivity contribution in [1.82, 2.24) is 14.4 Å². The number of aromatic nitrogens is 3. The highest BCUT2D eigenvalue weighted by molar-refractivity contribution is 7.94. The van der Waals surface area contributed by atoms with E-state index in [4.69, 9.17) is 5.73 Å². The number of hydrogen-bond acceptors (Lipinski definition) is 4. The van der Waals surface area contributed by atoms with E-state index in [0.29, 0.717) is 22.3 Å². The van der Waals surface area contributed by atoms with Crippen LogP contribution >= 0.6 is 12.1 Å². The number of hydrogen-bond donors (Lipinski definition) is 1. The molecule has 90 valence electrons. The normalized spacial score (nSPS) is 23.9. The summed E-state index contributed by atoms with van der Waals surface area (Å²) in [6, 6.07) is 0. The van der Waals surface area contributed by atoms with E-state index in [0.717, 1.165) is 24.6 Å². The molecule has 0 aliphatic heterocycles. The third-order valence-corrected chi connectivity index (χ3v) is 3.82. The summed E-state index contributed by atoms with van der Waals surface area (Å²) in [6.07, 6.45) is 5.65. The van der Waals surface area contributed by atoms with Crippen LogP contribution in [0.25, 0.3) is 5.52 Å². The molecule has 1 fully saturated rings. The minimum atomic E-state index is 0.134. The van der Waals surface area contributed by atoms with Crippen molar-refractivity contribution < 1.29 is 3.89 Å². The number of nitrogen functional groups attached to an aromatic ring is 1. The summed E-state index contributed by atoms with van der Waals surface area (Å²) in [5.74, 6) is 2.39. The zero-order chi connectivity index (χ0) is 12.0. The molecule has 2 heterocycles. The third-order valence-electron chi connectivity index (χ3n) is 3.39. The molecule has 4 nitrogen and oxygen atoms in total. The molecule has 0 radical (unpaired) electrons. The van der Waals surface area contributed by atoms with Crippen molar-refractivity contribution in [2.24, 2.45) is 5.92 Å². The monoisotopic (exact) mass is 252 g/mol. The summed E-state index contributed by atoms with van der Waals surface area (Å²) in [5.41, 5.74) is 6.37. The molecule has 6 heteroatoms. The second kappa shape index (κ2) is 3.87. The van der Waals surface area contributed by atoms with Gasteiger partial charge in [0.15, 0.2) is 10.8 Å². The summed E-state index contributed by atoms with van der Waals surface area (Å²) in [6.45, 7) is 2.22. The van der Waals surface area contributed by atoms with Crippen LogP contribution in [0.1, 0.15) is 31.5 Å². The molecule has 1 aliphatic carbocycles. The Labute approximate surface area is 103 Å². The fourth-order valence-corrected chi connectivity index (χ4v) is 2.91. The van der Waals surface area contributed by atoms with Crippen molar-refractivity contribution in [1.29, 1.82) is 0 Å². The average molecular weight is 252 g/mol. The molecule has 0 unspecified atom stereocenters. The Morgan fingerprint density at radius 2 is 2.29 bits per heavy atom. The van der Waals surface area contributed by atoms with Gasteiger partial charge in [-0.15, -0.1) is 0 Å². The van der Waals surface area contributed by atoms with Gasteiger partial charge in [0.1, 0.15) is 23.5 Å². The number of nitrogens with zero attached hydrogens (tertiary/aromatic N) is 3. The third kappa shape index (κ3) is 1.58. The van der Waals surface area contributed by atoms with Crippen molar-refractivity contribution in [2.75, 3.05) is 5.73 Å². The maximum Gasteiger partial charge on any atom is 0.159 e. The predicted molar refractivity (Wildman–Crippen MR) is 65.5 cm³/mol. The Hall–Kier alpha value is -1.30. The van der Waals surface area contributed by atoms with Crippen LogP contribution < -0.4 is 5.73 Å². The fourth-order valence-electron chi connectivity index (χ4n) is 2.51. The van der Waals surface area contributed by atoms with Crippen molar-refractivity contribution in [2.45, 2.75) is 30.7 Å². The molecule has 0 atom stereocenters. The molecule has 1 saturated carbocycles. The van der Waals surface area contributed by atoms with Crippen LogP contribution in [-0.4, -0.2) is 14.4 Å². The van der Waals surface area contributed by atoms with Gasteiger partial charge in [0.25, 0.3) is 0 Å². The minimum Gasteiger partial charge on any atom is -0.382 e. The van der Waals surface area contributed by atoms with Gasteiger partial charge in [-0.1, -0.05) is 6.92 Å². The van der Waals surface area contributed by atoms with Gasteiger partial charge >= 0.3 is 0 Å². The lowest BCUT2D eigenvalue weighted by molar-refractivity contribution is 0.277. The Kier molecular flexibility index (Phi) is 2.47. The van der Waals surface area contributed by atoms with Gasteiger partial charge < -0.3 is 5.73 Å². The van der Waals surface area contributed by atoms with E-state index in [2.05, 4.69) is 16.9 Å². The number of nitrogens with two attached hydrogens (primary N) is 1. The average Bonchev–Trinajstić information content (AvgIpc) is 2.65. The van der Waals surface area contributed by atoms with Crippen molar-refractivity contribution in [3.63, 3.8) is 0 Å². The quantitative estimate of drug-likeness (QED) is 0.893. The molecule has 2 N–H and O–H groups in total. The second-order valence-corrected chi connectivity index (χ2v) is 5.20. The molecule has 0 aromatic carbocycles. The van der Waals surface area contributed by atoms with Crippen molar-refractivity contribution in [3.05, 3.63) is 18.2 Å². The first-order valence-corrected chi connectivity index (χ1v) is 6.33. The molecule has 1 aliphatic rings. The zero-order valence-electron chi connectivity index (χ0n) is 9.43. The first-order chi connectivity index (χ1) is 8.20. The Bertz CT molecular complexity index is 562. The molecule has 2 aromatic heterocycles. The minimum absolute atomic E-state index is 0.134. The van der Waals surface area contributed by atoms with E-state index < -0.39 is 0 Å². The number of imidazole rings is 1. The number of halogens is 1. The van der Waals surface area contributed by atoms with Gasteiger partial charge in [-0.2, -0.15) is 3.89 Å². The lowest BCUT2D eigenvalue weighted by Crippen LogP contribution is -2.21. The van der Waals surface area contributed by atoms with Gasteiger partial charge in [0, 0.05) is 18.3 Å². The first kappa shape index (κ1) is 10.8. The van der Waals surface area contributed by atoms with Gasteiger partial charge in [0.05, 0.1) is 0 Å². The maximum absolute atomic E-state index is 12.9. The van der Waals surface area contributed by atoms with E-state index in [1.54, 1.807) is 12.4 Å². The van der Waals surface area contributed by atoms with E-state index in [9.17, 15) is 3.89 Å². The molecule has 0 bridgehead atoms. The fraction of sp³-hybridized carbons (Fsp3) is 0.455. The Balaban J connectivity index is 2.16. The van der Waals surface area contributed by atoms with Gasteiger partial charge in [-0.3, -0.25) is 4.40 Å². The SMILES string of the molecule is CC1CC(c2nc(SF)c3c(N)nccn23)C1. The smallest absolute Gasteiger partial charge is 0.159 e. The zero-order valence-corrected chi connectivity index (χ0v) is 10.2. The van der Waals surface area contributed by atoms with Gasteiger partial charge in [-0.05, 0) is 18.8 Å². The van der Waals surface area contributed by atoms with E-state index >= 15 is 0 Å². The molecule has 0 saturated heterocycles. The maximum atomic E-state index is 12.9. The Morgan fingerprint density at radius 3 is 2.94 bits per heavy atom. The largest absolute Gasteiger partial charge is 0.382 e. The molecule has 0 spiro atoms. The van der Waals surface area contributed by atoms with E-state index in [1.807, 2.05) is 4.40 Å². The number of fused-ring (bicyclic) bond motifs is 1. The number of anilines is 1. The predicted octanol–water partition coefficient (Wildman–Crippen LogP) is 2.80. The molecular formula is C11H13FN4S. The summed E-state index contributed by atoms with van der Waals surface area (Å²) < 4.78 is 14.7. The van der Waals surface area contributed by atoms with Gasteiger partial charge in [0.2, 0.25) is 0 Å². The molecule has 2 aromatic rings. The topological polar surface area (TPSA) is 56.2 Å². The van der Waals surface area contributed by atoms with E-state index in [-0.39, 0.29) is 12.1 Å². The number of rotatable bonds is 2. The summed E-state index contributed by atoms with van der Waals surface area (Å²) in [7, 11) is 0. The first-order valence-electron chi connectivity index (χ1n) is 5.61. The van der Waals surface area contributed by atoms with E-state index in [1.165, 1.54) is 0 Å². The molecule has 3 rings (SSSR count). The summed E-state index contributed by atoms with van der Waals surface area (Å²) >= 11 is 0.134. The van der Waals surface area contributed by atoms with Crippen LogP contribution in [0.3, 0.4) is 0 Å². The second-order valence-electron chi connectivity index (χ2n) is 4.66. The highest BCUT2D eigenvalue weighted by Gasteiger charge is 2.31. The highest BCUT2D eigenvalue weighted by Crippen LogP contribution is 2.42. The highest BCUT2D eigenvalue weighted by atomic mass is 32.2. The van der Waals surface area contributed by atoms with Crippen LogP contribution in [0.2, 0.25) is 0 Å². The van der Waals surface area contributed by atoms with Crippen LogP contribution in [0.5, 0.6) is 0 Å².